The topological polar surface area (TPSA) is 143 Å². The number of hydrogen-bond donors (Lipinski definition) is 4. The lowest BCUT2D eigenvalue weighted by Gasteiger charge is -2.37. The molecule has 11 nitrogen and oxygen atoms in total. The zero-order valence-electron chi connectivity index (χ0n) is 15.2. The molecule has 0 aromatic rings. The Hall–Kier alpha value is -2.56. The lowest BCUT2D eigenvalue weighted by atomic mass is 10.0. The molecule has 2 heterocycles. The molecule has 3 atom stereocenters. The molecule has 26 heavy (non-hydrogen) atoms. The number of nitrogens with one attached hydrogen (secondary N) is 2. The van der Waals surface area contributed by atoms with Gasteiger partial charge in [-0.25, -0.2) is 14.7 Å². The van der Waals surface area contributed by atoms with E-state index in [1.807, 2.05) is 0 Å². The van der Waals surface area contributed by atoms with Crippen LogP contribution in [-0.2, 0) is 9.59 Å². The predicted octanol–water partition coefficient (Wildman–Crippen LogP) is -0.0414. The highest BCUT2D eigenvalue weighted by Crippen LogP contribution is 2.28. The summed E-state index contributed by atoms with van der Waals surface area (Å²) < 4.78 is 0. The third-order valence-corrected chi connectivity index (χ3v) is 4.65. The number of amides is 5. The second kappa shape index (κ2) is 6.98. The lowest BCUT2D eigenvalue weighted by molar-refractivity contribution is -0.134. The maximum atomic E-state index is 12.3. The Kier molecular flexibility index (Phi) is 5.31. The molecular weight excluding hydrogens is 346 g/mol. The van der Waals surface area contributed by atoms with E-state index in [4.69, 9.17) is 0 Å². The number of carboxylic acid groups (broad SMARTS) is 1. The molecule has 2 fully saturated rings. The van der Waals surface area contributed by atoms with Crippen molar-refractivity contribution in [3.63, 3.8) is 0 Å². The van der Waals surface area contributed by atoms with Gasteiger partial charge in [-0.1, -0.05) is 0 Å². The average molecular weight is 371 g/mol. The fourth-order valence-electron chi connectivity index (χ4n) is 3.38. The Balaban J connectivity index is 1.95. The van der Waals surface area contributed by atoms with E-state index in [1.54, 1.807) is 20.8 Å². The van der Waals surface area contributed by atoms with Crippen LogP contribution in [0.1, 0.15) is 40.5 Å². The number of carbonyl (C=O) groups excluding carboxylic acids is 3. The summed E-state index contributed by atoms with van der Waals surface area (Å²) in [6.45, 7) is 6.62. The normalized spacial score (nSPS) is 23.5. The Labute approximate surface area is 150 Å². The van der Waals surface area contributed by atoms with E-state index in [1.165, 1.54) is 11.8 Å². The highest BCUT2D eigenvalue weighted by Gasteiger charge is 2.47. The van der Waals surface area contributed by atoms with E-state index in [-0.39, 0.29) is 12.6 Å². The smallest absolute Gasteiger partial charge is 0.408 e. The summed E-state index contributed by atoms with van der Waals surface area (Å²) in [5.41, 5.74) is 3.65. The summed E-state index contributed by atoms with van der Waals surface area (Å²) in [4.78, 5) is 50.1. The van der Waals surface area contributed by atoms with Gasteiger partial charge in [0.25, 0.3) is 11.8 Å². The van der Waals surface area contributed by atoms with E-state index in [2.05, 4.69) is 10.9 Å². The first-order chi connectivity index (χ1) is 11.9. The first-order valence-electron chi connectivity index (χ1n) is 8.35. The van der Waals surface area contributed by atoms with Gasteiger partial charge < -0.3 is 10.0 Å². The summed E-state index contributed by atoms with van der Waals surface area (Å²) in [5, 5.41) is 19.6. The molecule has 5 amide bonds. The molecule has 0 spiro atoms. The molecule has 0 unspecified atom stereocenters. The Morgan fingerprint density at radius 1 is 1.23 bits per heavy atom. The van der Waals surface area contributed by atoms with Crippen molar-refractivity contribution >= 4 is 23.9 Å². The van der Waals surface area contributed by atoms with E-state index in [9.17, 15) is 29.5 Å². The van der Waals surface area contributed by atoms with Crippen LogP contribution in [0.3, 0.4) is 0 Å². The summed E-state index contributed by atoms with van der Waals surface area (Å²) in [6.07, 6.45) is -0.429. The molecule has 11 heteroatoms. The largest absolute Gasteiger partial charge is 0.465 e. The maximum absolute atomic E-state index is 12.3. The fourth-order valence-corrected chi connectivity index (χ4v) is 3.38. The molecule has 0 aromatic heterocycles. The van der Waals surface area contributed by atoms with Crippen LogP contribution in [0, 0.1) is 0 Å². The summed E-state index contributed by atoms with van der Waals surface area (Å²) in [7, 11) is 0. The van der Waals surface area contributed by atoms with Crippen LogP contribution in [0.5, 0.6) is 0 Å². The monoisotopic (exact) mass is 371 g/mol. The Bertz CT molecular complexity index is 618. The lowest BCUT2D eigenvalue weighted by Crippen LogP contribution is -2.60. The number of hydrogen-bond acceptors (Lipinski definition) is 5. The van der Waals surface area contributed by atoms with Crippen LogP contribution in [0.25, 0.3) is 0 Å². The van der Waals surface area contributed by atoms with Crippen LogP contribution >= 0.6 is 0 Å². The molecule has 2 aliphatic heterocycles. The minimum Gasteiger partial charge on any atom is -0.465 e. The SMILES string of the molecule is C[C@H](C(=O)NNC(=O)[C@@H]1CC[C@@H]2CN1C(=O)N2O)N(C(=O)O)C(C)(C)C. The van der Waals surface area contributed by atoms with Crippen molar-refractivity contribution in [1.82, 2.24) is 25.7 Å². The molecule has 0 saturated carbocycles. The molecule has 0 aromatic carbocycles. The standard InChI is InChI=1S/C15H25N5O6/c1-8(19(14(24)25)15(2,3)4)11(21)16-17-12(22)10-6-5-9-7-18(10)13(23)20(9)26/h8-10,26H,5-7H2,1-4H3,(H,16,21)(H,17,22)(H,24,25)/t8-,9-,10+/m1/s1. The van der Waals surface area contributed by atoms with Gasteiger partial charge in [0.1, 0.15) is 12.1 Å². The van der Waals surface area contributed by atoms with Gasteiger partial charge in [-0.05, 0) is 40.5 Å². The van der Waals surface area contributed by atoms with E-state index >= 15 is 0 Å². The highest BCUT2D eigenvalue weighted by molar-refractivity contribution is 5.91. The summed E-state index contributed by atoms with van der Waals surface area (Å²) >= 11 is 0. The maximum Gasteiger partial charge on any atom is 0.408 e. The summed E-state index contributed by atoms with van der Waals surface area (Å²) in [5.74, 6) is -1.29. The quantitative estimate of drug-likeness (QED) is 0.405. The van der Waals surface area contributed by atoms with Crippen LogP contribution in [0.4, 0.5) is 9.59 Å². The third kappa shape index (κ3) is 3.66. The van der Waals surface area contributed by atoms with Crippen molar-refractivity contribution in [3.8, 4) is 0 Å². The number of rotatable bonds is 3. The zero-order chi connectivity index (χ0) is 19.8. The number of hydrazine groups is 1. The van der Waals surface area contributed by atoms with Gasteiger partial charge in [0, 0.05) is 12.1 Å². The van der Waals surface area contributed by atoms with Crippen molar-refractivity contribution in [3.05, 3.63) is 0 Å². The molecule has 2 rings (SSSR count). The molecule has 2 bridgehead atoms. The molecule has 4 N–H and O–H groups in total. The van der Waals surface area contributed by atoms with E-state index in [0.29, 0.717) is 17.9 Å². The molecule has 2 saturated heterocycles. The van der Waals surface area contributed by atoms with Gasteiger partial charge in [-0.2, -0.15) is 0 Å². The number of fused-ring (bicyclic) bond motifs is 2. The first kappa shape index (κ1) is 19.8. The second-order valence-electron chi connectivity index (χ2n) is 7.50. The van der Waals surface area contributed by atoms with Crippen molar-refractivity contribution in [2.75, 3.05) is 6.54 Å². The van der Waals surface area contributed by atoms with E-state index < -0.39 is 41.6 Å². The minimum absolute atomic E-state index is 0.245. The van der Waals surface area contributed by atoms with E-state index in [0.717, 1.165) is 4.90 Å². The van der Waals surface area contributed by atoms with Crippen LogP contribution in [0.15, 0.2) is 0 Å². The number of urea groups is 1. The van der Waals surface area contributed by atoms with Crippen LogP contribution in [0.2, 0.25) is 0 Å². The number of piperidine rings is 1. The fraction of sp³-hybridized carbons (Fsp3) is 0.733. The molecule has 146 valence electrons. The van der Waals surface area contributed by atoms with Crippen LogP contribution < -0.4 is 10.9 Å². The van der Waals surface area contributed by atoms with Gasteiger partial charge in [-0.3, -0.25) is 30.5 Å². The number of carbonyl (C=O) groups is 4. The van der Waals surface area contributed by atoms with Crippen LogP contribution in [-0.4, -0.2) is 79.3 Å². The van der Waals surface area contributed by atoms with Gasteiger partial charge in [0.15, 0.2) is 0 Å². The molecular formula is C15H25N5O6. The molecule has 0 aliphatic carbocycles. The average Bonchev–Trinajstić information content (AvgIpc) is 2.75. The first-order valence-corrected chi connectivity index (χ1v) is 8.35. The Morgan fingerprint density at radius 3 is 2.38 bits per heavy atom. The van der Waals surface area contributed by atoms with Gasteiger partial charge >= 0.3 is 12.1 Å². The van der Waals surface area contributed by atoms with Gasteiger partial charge in [0.2, 0.25) is 0 Å². The predicted molar refractivity (Wildman–Crippen MR) is 87.9 cm³/mol. The third-order valence-electron chi connectivity index (χ3n) is 4.65. The van der Waals surface area contributed by atoms with Gasteiger partial charge in [-0.15, -0.1) is 0 Å². The van der Waals surface area contributed by atoms with Crippen molar-refractivity contribution < 1.29 is 29.5 Å². The zero-order valence-corrected chi connectivity index (χ0v) is 15.2. The molecule has 0 radical (unpaired) electrons. The summed E-state index contributed by atoms with van der Waals surface area (Å²) in [6, 6.07) is -2.80. The van der Waals surface area contributed by atoms with Crippen molar-refractivity contribution in [2.45, 2.75) is 64.2 Å². The van der Waals surface area contributed by atoms with Gasteiger partial charge in [0.05, 0.1) is 6.04 Å². The molecule has 2 aliphatic rings. The minimum atomic E-state index is -1.25. The number of nitrogens with zero attached hydrogens (tertiary/aromatic N) is 3. The van der Waals surface area contributed by atoms with Crippen molar-refractivity contribution in [2.24, 2.45) is 0 Å². The van der Waals surface area contributed by atoms with Crippen molar-refractivity contribution in [1.29, 1.82) is 0 Å². The highest BCUT2D eigenvalue weighted by atomic mass is 16.5. The second-order valence-corrected chi connectivity index (χ2v) is 7.50. The Morgan fingerprint density at radius 2 is 1.85 bits per heavy atom. The number of hydroxylamine groups is 2.